The summed E-state index contributed by atoms with van der Waals surface area (Å²) < 4.78 is 0. The quantitative estimate of drug-likeness (QED) is 0.238. The standard InChI is InChI=1S/C20H34N4O7S/c1-4-11(2)16(21)18(28)23-13(10-15(25)26)19(29)24-8-5-6-14(24)17(27)22-12(20(30)31)7-9-32-3/h11-14,16H,4-10,21H2,1-3H3,(H,22,27)(H,23,28)(H,25,26)(H,30,31). The zero-order chi connectivity index (χ0) is 24.4. The Hall–Kier alpha value is -2.34. The summed E-state index contributed by atoms with van der Waals surface area (Å²) in [5, 5.41) is 23.5. The SMILES string of the molecule is CCC(C)C(N)C(=O)NC(CC(=O)O)C(=O)N1CCCC1C(=O)NC(CCSC)C(=O)O. The minimum absolute atomic E-state index is 0.171. The van der Waals surface area contributed by atoms with Crippen molar-refractivity contribution in [3.63, 3.8) is 0 Å². The second-order valence-corrected chi connectivity index (χ2v) is 8.93. The molecule has 182 valence electrons. The number of amides is 3. The summed E-state index contributed by atoms with van der Waals surface area (Å²) in [6.07, 6.45) is 2.82. The Balaban J connectivity index is 2.95. The molecule has 1 heterocycles. The van der Waals surface area contributed by atoms with Crippen molar-refractivity contribution in [3.8, 4) is 0 Å². The Kier molecular flexibility index (Phi) is 11.5. The summed E-state index contributed by atoms with van der Waals surface area (Å²) in [6, 6.07) is -4.31. The van der Waals surface area contributed by atoms with Crippen molar-refractivity contribution in [1.29, 1.82) is 0 Å². The highest BCUT2D eigenvalue weighted by Crippen LogP contribution is 2.20. The predicted octanol–water partition coefficient (Wildman–Crippen LogP) is -0.367. The van der Waals surface area contributed by atoms with Crippen LogP contribution in [-0.2, 0) is 24.0 Å². The van der Waals surface area contributed by atoms with Gasteiger partial charge in [-0.15, -0.1) is 0 Å². The van der Waals surface area contributed by atoms with Crippen LogP contribution in [0.3, 0.4) is 0 Å². The maximum absolute atomic E-state index is 13.1. The molecule has 0 spiro atoms. The molecule has 5 unspecified atom stereocenters. The average Bonchev–Trinajstić information content (AvgIpc) is 3.23. The van der Waals surface area contributed by atoms with Crippen molar-refractivity contribution in [2.24, 2.45) is 11.7 Å². The number of nitrogens with two attached hydrogens (primary N) is 1. The molecule has 0 radical (unpaired) electrons. The molecule has 0 bridgehead atoms. The lowest BCUT2D eigenvalue weighted by Crippen LogP contribution is -2.57. The van der Waals surface area contributed by atoms with Crippen LogP contribution in [0.15, 0.2) is 0 Å². The third kappa shape index (κ3) is 7.97. The smallest absolute Gasteiger partial charge is 0.326 e. The van der Waals surface area contributed by atoms with Crippen LogP contribution in [0.25, 0.3) is 0 Å². The van der Waals surface area contributed by atoms with Gasteiger partial charge in [0, 0.05) is 6.54 Å². The first kappa shape index (κ1) is 27.7. The number of aliphatic carboxylic acids is 2. The van der Waals surface area contributed by atoms with Crippen LogP contribution in [0.4, 0.5) is 0 Å². The number of carbonyl (C=O) groups is 5. The Bertz CT molecular complexity index is 705. The van der Waals surface area contributed by atoms with E-state index in [1.54, 1.807) is 6.92 Å². The van der Waals surface area contributed by atoms with Crippen LogP contribution in [0.2, 0.25) is 0 Å². The number of nitrogens with one attached hydrogen (secondary N) is 2. The maximum atomic E-state index is 13.1. The molecule has 5 atom stereocenters. The minimum atomic E-state index is -1.38. The van der Waals surface area contributed by atoms with Crippen LogP contribution in [0.1, 0.15) is 46.0 Å². The summed E-state index contributed by atoms with van der Waals surface area (Å²) in [6.45, 7) is 3.83. The minimum Gasteiger partial charge on any atom is -0.481 e. The molecule has 0 aromatic rings. The van der Waals surface area contributed by atoms with Gasteiger partial charge in [0.2, 0.25) is 17.7 Å². The first-order valence-electron chi connectivity index (χ1n) is 10.6. The zero-order valence-electron chi connectivity index (χ0n) is 18.7. The molecule has 11 nitrogen and oxygen atoms in total. The monoisotopic (exact) mass is 474 g/mol. The Labute approximate surface area is 191 Å². The van der Waals surface area contributed by atoms with Gasteiger partial charge in [-0.25, -0.2) is 4.79 Å². The number of carboxylic acids is 2. The van der Waals surface area contributed by atoms with Crippen LogP contribution in [0, 0.1) is 5.92 Å². The van der Waals surface area contributed by atoms with Crippen molar-refractivity contribution in [2.45, 2.75) is 70.1 Å². The molecule has 32 heavy (non-hydrogen) atoms. The van der Waals surface area contributed by atoms with E-state index < -0.39 is 60.2 Å². The second-order valence-electron chi connectivity index (χ2n) is 7.94. The second kappa shape index (κ2) is 13.3. The van der Waals surface area contributed by atoms with E-state index in [9.17, 15) is 34.2 Å². The highest BCUT2D eigenvalue weighted by molar-refractivity contribution is 7.98. The Morgan fingerprint density at radius 2 is 1.81 bits per heavy atom. The summed E-state index contributed by atoms with van der Waals surface area (Å²) in [5.41, 5.74) is 5.90. The molecule has 0 saturated carbocycles. The van der Waals surface area contributed by atoms with Gasteiger partial charge in [0.15, 0.2) is 0 Å². The summed E-state index contributed by atoms with van der Waals surface area (Å²) in [4.78, 5) is 62.2. The molecule has 12 heteroatoms. The van der Waals surface area contributed by atoms with E-state index in [1.165, 1.54) is 16.7 Å². The largest absolute Gasteiger partial charge is 0.481 e. The molecule has 0 aliphatic carbocycles. The van der Waals surface area contributed by atoms with E-state index >= 15 is 0 Å². The number of carboxylic acid groups (broad SMARTS) is 2. The lowest BCUT2D eigenvalue weighted by atomic mass is 9.99. The summed E-state index contributed by atoms with van der Waals surface area (Å²) in [5.74, 6) is -4.04. The Morgan fingerprint density at radius 3 is 2.34 bits per heavy atom. The first-order valence-corrected chi connectivity index (χ1v) is 12.0. The van der Waals surface area contributed by atoms with Crippen LogP contribution >= 0.6 is 11.8 Å². The van der Waals surface area contributed by atoms with Crippen molar-refractivity contribution in [2.75, 3.05) is 18.6 Å². The van der Waals surface area contributed by atoms with Crippen LogP contribution in [-0.4, -0.2) is 87.5 Å². The number of rotatable bonds is 13. The highest BCUT2D eigenvalue weighted by atomic mass is 32.2. The van der Waals surface area contributed by atoms with Gasteiger partial charge in [-0.3, -0.25) is 19.2 Å². The molecule has 1 aliphatic heterocycles. The lowest BCUT2D eigenvalue weighted by molar-refractivity contribution is -0.147. The number of nitrogens with zero attached hydrogens (tertiary/aromatic N) is 1. The third-order valence-corrected chi connectivity index (χ3v) is 6.26. The molecule has 3 amide bonds. The third-order valence-electron chi connectivity index (χ3n) is 5.62. The van der Waals surface area contributed by atoms with Gasteiger partial charge < -0.3 is 31.5 Å². The van der Waals surface area contributed by atoms with E-state index in [4.69, 9.17) is 5.73 Å². The molecule has 1 fully saturated rings. The van der Waals surface area contributed by atoms with Gasteiger partial charge >= 0.3 is 11.9 Å². The molecule has 0 aromatic carbocycles. The van der Waals surface area contributed by atoms with Gasteiger partial charge in [-0.1, -0.05) is 20.3 Å². The summed E-state index contributed by atoms with van der Waals surface area (Å²) >= 11 is 1.45. The number of thioether (sulfide) groups is 1. The normalized spacial score (nSPS) is 19.5. The number of hydrogen-bond acceptors (Lipinski definition) is 7. The van der Waals surface area contributed by atoms with E-state index in [2.05, 4.69) is 10.6 Å². The molecule has 6 N–H and O–H groups in total. The fraction of sp³-hybridized carbons (Fsp3) is 0.750. The number of hydrogen-bond donors (Lipinski definition) is 5. The van der Waals surface area contributed by atoms with Crippen molar-refractivity contribution >= 4 is 41.4 Å². The lowest BCUT2D eigenvalue weighted by Gasteiger charge is -2.30. The number of carbonyl (C=O) groups excluding carboxylic acids is 3. The van der Waals surface area contributed by atoms with E-state index in [0.717, 1.165) is 0 Å². The fourth-order valence-electron chi connectivity index (χ4n) is 3.42. The van der Waals surface area contributed by atoms with Gasteiger partial charge in [0.25, 0.3) is 0 Å². The fourth-order valence-corrected chi connectivity index (χ4v) is 3.89. The molecule has 0 aromatic heterocycles. The van der Waals surface area contributed by atoms with Crippen LogP contribution < -0.4 is 16.4 Å². The molecule has 1 aliphatic rings. The van der Waals surface area contributed by atoms with Gasteiger partial charge in [0.1, 0.15) is 18.1 Å². The van der Waals surface area contributed by atoms with E-state index in [-0.39, 0.29) is 18.9 Å². The zero-order valence-corrected chi connectivity index (χ0v) is 19.5. The van der Waals surface area contributed by atoms with Gasteiger partial charge in [0.05, 0.1) is 12.5 Å². The Morgan fingerprint density at radius 1 is 1.16 bits per heavy atom. The molecular weight excluding hydrogens is 440 g/mol. The highest BCUT2D eigenvalue weighted by Gasteiger charge is 2.39. The van der Waals surface area contributed by atoms with Crippen molar-refractivity contribution in [1.82, 2.24) is 15.5 Å². The molecule has 1 rings (SSSR count). The predicted molar refractivity (Wildman–Crippen MR) is 119 cm³/mol. The number of likely N-dealkylation sites (tertiary alicyclic amines) is 1. The van der Waals surface area contributed by atoms with Crippen molar-refractivity contribution < 1.29 is 34.2 Å². The first-order chi connectivity index (χ1) is 15.0. The maximum Gasteiger partial charge on any atom is 0.326 e. The van der Waals surface area contributed by atoms with Gasteiger partial charge in [-0.05, 0) is 37.2 Å². The molecular formula is C20H34N4O7S. The average molecular weight is 475 g/mol. The van der Waals surface area contributed by atoms with E-state index in [1.807, 2.05) is 13.2 Å². The summed E-state index contributed by atoms with van der Waals surface area (Å²) in [7, 11) is 0. The van der Waals surface area contributed by atoms with Gasteiger partial charge in [-0.2, -0.15) is 11.8 Å². The molecule has 1 saturated heterocycles. The van der Waals surface area contributed by atoms with Crippen LogP contribution in [0.5, 0.6) is 0 Å². The van der Waals surface area contributed by atoms with E-state index in [0.29, 0.717) is 25.0 Å². The topological polar surface area (TPSA) is 179 Å². The van der Waals surface area contributed by atoms with Crippen molar-refractivity contribution in [3.05, 3.63) is 0 Å².